The van der Waals surface area contributed by atoms with E-state index in [2.05, 4.69) is 15.9 Å². The van der Waals surface area contributed by atoms with Crippen molar-refractivity contribution < 1.29 is 19.1 Å². The molecule has 0 bridgehead atoms. The summed E-state index contributed by atoms with van der Waals surface area (Å²) in [6.07, 6.45) is 0. The third-order valence-electron chi connectivity index (χ3n) is 2.79. The lowest BCUT2D eigenvalue weighted by Gasteiger charge is -2.11. The van der Waals surface area contributed by atoms with Crippen LogP contribution < -0.4 is 10.5 Å². The zero-order valence-corrected chi connectivity index (χ0v) is 13.2. The normalized spacial score (nSPS) is 10.0. The van der Waals surface area contributed by atoms with Gasteiger partial charge in [0.25, 0.3) is 5.91 Å². The lowest BCUT2D eigenvalue weighted by molar-refractivity contribution is -0.121. The summed E-state index contributed by atoms with van der Waals surface area (Å²) in [5, 5.41) is 0. The minimum atomic E-state index is -0.708. The second-order valence-corrected chi connectivity index (χ2v) is 5.27. The van der Waals surface area contributed by atoms with E-state index in [1.807, 2.05) is 24.3 Å². The Morgan fingerprint density at radius 3 is 2.45 bits per heavy atom. The molecular formula is C16H14BrNO4. The van der Waals surface area contributed by atoms with Gasteiger partial charge in [0.05, 0.1) is 0 Å². The van der Waals surface area contributed by atoms with Gasteiger partial charge in [0.15, 0.2) is 6.61 Å². The largest absolute Gasteiger partial charge is 0.488 e. The molecule has 0 fully saturated rings. The quantitative estimate of drug-likeness (QED) is 0.800. The number of rotatable bonds is 6. The van der Waals surface area contributed by atoms with E-state index < -0.39 is 18.5 Å². The van der Waals surface area contributed by atoms with Crippen molar-refractivity contribution in [1.29, 1.82) is 0 Å². The molecule has 2 rings (SSSR count). The van der Waals surface area contributed by atoms with E-state index in [4.69, 9.17) is 15.2 Å². The van der Waals surface area contributed by atoms with E-state index in [0.29, 0.717) is 12.4 Å². The molecule has 1 amide bonds. The maximum Gasteiger partial charge on any atom is 0.342 e. The third-order valence-corrected chi connectivity index (χ3v) is 3.57. The number of carbonyl (C=O) groups excluding carboxylic acids is 2. The number of halogens is 1. The molecule has 2 aromatic rings. The van der Waals surface area contributed by atoms with Crippen LogP contribution >= 0.6 is 15.9 Å². The van der Waals surface area contributed by atoms with Crippen LogP contribution in [0.5, 0.6) is 5.75 Å². The maximum atomic E-state index is 11.9. The van der Waals surface area contributed by atoms with Crippen molar-refractivity contribution in [1.82, 2.24) is 0 Å². The zero-order valence-electron chi connectivity index (χ0n) is 11.6. The maximum absolute atomic E-state index is 11.9. The first-order valence-electron chi connectivity index (χ1n) is 6.48. The Morgan fingerprint density at radius 1 is 1.05 bits per heavy atom. The highest BCUT2D eigenvalue weighted by Crippen LogP contribution is 2.22. The molecule has 0 atom stereocenters. The number of hydrogen-bond acceptors (Lipinski definition) is 4. The highest BCUT2D eigenvalue weighted by Gasteiger charge is 2.14. The number of primary amides is 1. The van der Waals surface area contributed by atoms with Gasteiger partial charge in [0.1, 0.15) is 17.9 Å². The van der Waals surface area contributed by atoms with Crippen LogP contribution in [0.1, 0.15) is 15.9 Å². The number of carbonyl (C=O) groups is 2. The van der Waals surface area contributed by atoms with Crippen molar-refractivity contribution in [3.8, 4) is 5.75 Å². The van der Waals surface area contributed by atoms with E-state index in [1.165, 1.54) is 0 Å². The van der Waals surface area contributed by atoms with Crippen molar-refractivity contribution in [3.63, 3.8) is 0 Å². The molecule has 2 N–H and O–H groups in total. The van der Waals surface area contributed by atoms with Crippen molar-refractivity contribution >= 4 is 27.8 Å². The van der Waals surface area contributed by atoms with Crippen LogP contribution in [-0.4, -0.2) is 18.5 Å². The highest BCUT2D eigenvalue weighted by molar-refractivity contribution is 9.10. The predicted molar refractivity (Wildman–Crippen MR) is 84.4 cm³/mol. The lowest BCUT2D eigenvalue weighted by Crippen LogP contribution is -2.21. The molecule has 22 heavy (non-hydrogen) atoms. The Bertz CT molecular complexity index is 687. The zero-order chi connectivity index (χ0) is 15.9. The number of nitrogens with two attached hydrogens (primary N) is 1. The Hall–Kier alpha value is -2.34. The van der Waals surface area contributed by atoms with E-state index in [9.17, 15) is 9.59 Å². The average molecular weight is 364 g/mol. The molecule has 0 radical (unpaired) electrons. The first-order valence-corrected chi connectivity index (χ1v) is 7.28. The number of esters is 1. The third kappa shape index (κ3) is 4.33. The average Bonchev–Trinajstić information content (AvgIpc) is 2.52. The van der Waals surface area contributed by atoms with Gasteiger partial charge in [0, 0.05) is 10.0 Å². The second-order valence-electron chi connectivity index (χ2n) is 4.42. The minimum absolute atomic E-state index is 0.246. The van der Waals surface area contributed by atoms with Crippen LogP contribution in [0.3, 0.4) is 0 Å². The van der Waals surface area contributed by atoms with Crippen LogP contribution in [0.2, 0.25) is 0 Å². The smallest absolute Gasteiger partial charge is 0.342 e. The fourth-order valence-electron chi connectivity index (χ4n) is 1.75. The first-order chi connectivity index (χ1) is 10.6. The van der Waals surface area contributed by atoms with Crippen LogP contribution in [0.15, 0.2) is 53.0 Å². The number of para-hydroxylation sites is 1. The summed E-state index contributed by atoms with van der Waals surface area (Å²) in [4.78, 5) is 22.6. The molecule has 0 heterocycles. The van der Waals surface area contributed by atoms with Crippen LogP contribution in [0, 0.1) is 0 Å². The standard InChI is InChI=1S/C16H14BrNO4/c17-13-7-3-1-5-11(13)9-21-14-8-4-2-6-12(14)16(20)22-10-15(18)19/h1-8H,9-10H2,(H2,18,19). The molecule has 0 saturated heterocycles. The van der Waals surface area contributed by atoms with E-state index >= 15 is 0 Å². The first kappa shape index (κ1) is 16.0. The summed E-state index contributed by atoms with van der Waals surface area (Å²) in [5.41, 5.74) is 6.15. The molecule has 0 aliphatic rings. The molecule has 114 valence electrons. The van der Waals surface area contributed by atoms with E-state index in [1.54, 1.807) is 24.3 Å². The number of hydrogen-bond donors (Lipinski definition) is 1. The molecule has 0 aliphatic carbocycles. The van der Waals surface area contributed by atoms with Gasteiger partial charge in [0.2, 0.25) is 0 Å². The predicted octanol–water partition coefficient (Wildman–Crippen LogP) is 2.67. The second kappa shape index (κ2) is 7.61. The Kier molecular flexibility index (Phi) is 5.55. The van der Waals surface area contributed by atoms with Crippen molar-refractivity contribution in [3.05, 3.63) is 64.1 Å². The van der Waals surface area contributed by atoms with Gasteiger partial charge in [-0.3, -0.25) is 4.79 Å². The Balaban J connectivity index is 2.10. The minimum Gasteiger partial charge on any atom is -0.488 e. The summed E-state index contributed by atoms with van der Waals surface area (Å²) >= 11 is 3.44. The molecule has 5 nitrogen and oxygen atoms in total. The van der Waals surface area contributed by atoms with Gasteiger partial charge >= 0.3 is 5.97 Å². The molecular weight excluding hydrogens is 350 g/mol. The monoisotopic (exact) mass is 363 g/mol. The van der Waals surface area contributed by atoms with Crippen molar-refractivity contribution in [2.24, 2.45) is 5.73 Å². The lowest BCUT2D eigenvalue weighted by atomic mass is 10.2. The van der Waals surface area contributed by atoms with Crippen molar-refractivity contribution in [2.75, 3.05) is 6.61 Å². The molecule has 0 spiro atoms. The molecule has 2 aromatic carbocycles. The van der Waals surface area contributed by atoms with Crippen molar-refractivity contribution in [2.45, 2.75) is 6.61 Å². The Morgan fingerprint density at radius 2 is 1.73 bits per heavy atom. The highest BCUT2D eigenvalue weighted by atomic mass is 79.9. The molecule has 0 saturated carbocycles. The number of ether oxygens (including phenoxy) is 2. The fourth-order valence-corrected chi connectivity index (χ4v) is 2.15. The summed E-state index contributed by atoms with van der Waals surface area (Å²) in [5.74, 6) is -0.978. The number of benzene rings is 2. The molecule has 0 aliphatic heterocycles. The Labute approximate surface area is 136 Å². The molecule has 6 heteroatoms. The topological polar surface area (TPSA) is 78.6 Å². The van der Waals surface area contributed by atoms with Gasteiger partial charge in [-0.05, 0) is 18.2 Å². The summed E-state index contributed by atoms with van der Waals surface area (Å²) < 4.78 is 11.4. The van der Waals surface area contributed by atoms with Crippen LogP contribution in [0.25, 0.3) is 0 Å². The van der Waals surface area contributed by atoms with Crippen LogP contribution in [-0.2, 0) is 16.1 Å². The van der Waals surface area contributed by atoms with Gasteiger partial charge in [-0.25, -0.2) is 4.79 Å². The van der Waals surface area contributed by atoms with Gasteiger partial charge in [-0.15, -0.1) is 0 Å². The van der Waals surface area contributed by atoms with Gasteiger partial charge in [-0.2, -0.15) is 0 Å². The van der Waals surface area contributed by atoms with Crippen LogP contribution in [0.4, 0.5) is 0 Å². The fraction of sp³-hybridized carbons (Fsp3) is 0.125. The SMILES string of the molecule is NC(=O)COC(=O)c1ccccc1OCc1ccccc1Br. The van der Waals surface area contributed by atoms with E-state index in [-0.39, 0.29) is 5.56 Å². The van der Waals surface area contributed by atoms with Gasteiger partial charge < -0.3 is 15.2 Å². The summed E-state index contributed by atoms with van der Waals surface area (Å²) in [6, 6.07) is 14.3. The molecule has 0 unspecified atom stereocenters. The summed E-state index contributed by atoms with van der Waals surface area (Å²) in [7, 11) is 0. The van der Waals surface area contributed by atoms with E-state index in [0.717, 1.165) is 10.0 Å². The summed E-state index contributed by atoms with van der Waals surface area (Å²) in [6.45, 7) is -0.168. The number of amides is 1. The molecule has 0 aromatic heterocycles. The van der Waals surface area contributed by atoms with Gasteiger partial charge in [-0.1, -0.05) is 46.3 Å².